The summed E-state index contributed by atoms with van der Waals surface area (Å²) in [7, 11) is 1.79. The van der Waals surface area contributed by atoms with Crippen LogP contribution in [0.4, 0.5) is 0 Å². The lowest BCUT2D eigenvalue weighted by Crippen LogP contribution is -2.48. The first kappa shape index (κ1) is 21.8. The van der Waals surface area contributed by atoms with Gasteiger partial charge in [0.05, 0.1) is 6.26 Å². The van der Waals surface area contributed by atoms with Crippen LogP contribution in [0.5, 0.6) is 11.5 Å². The fraction of sp³-hybridized carbons (Fsp3) is 0.476. The summed E-state index contributed by atoms with van der Waals surface area (Å²) in [6.45, 7) is 3.32. The van der Waals surface area contributed by atoms with Gasteiger partial charge in [0, 0.05) is 45.2 Å². The van der Waals surface area contributed by atoms with Crippen LogP contribution in [0, 0.1) is 0 Å². The molecule has 1 aromatic heterocycles. The Morgan fingerprint density at radius 2 is 1.93 bits per heavy atom. The Kier molecular flexibility index (Phi) is 7.65. The second kappa shape index (κ2) is 10.2. The van der Waals surface area contributed by atoms with Crippen molar-refractivity contribution in [1.29, 1.82) is 0 Å². The third kappa shape index (κ3) is 5.16. The molecule has 29 heavy (non-hydrogen) atoms. The van der Waals surface area contributed by atoms with Crippen LogP contribution in [0.1, 0.15) is 24.2 Å². The third-order valence-corrected chi connectivity index (χ3v) is 5.50. The Morgan fingerprint density at radius 3 is 2.69 bits per heavy atom. The normalized spacial score (nSPS) is 17.5. The van der Waals surface area contributed by atoms with Gasteiger partial charge in [-0.2, -0.15) is 0 Å². The van der Waals surface area contributed by atoms with Crippen molar-refractivity contribution in [3.8, 4) is 11.5 Å². The van der Waals surface area contributed by atoms with Crippen molar-refractivity contribution in [3.05, 3.63) is 47.9 Å². The van der Waals surface area contributed by atoms with Crippen molar-refractivity contribution in [2.45, 2.75) is 24.7 Å². The fourth-order valence-electron chi connectivity index (χ4n) is 3.79. The average Bonchev–Trinajstić information content (AvgIpc) is 3.42. The highest BCUT2D eigenvalue weighted by atomic mass is 127. The molecule has 2 aromatic rings. The first-order valence-electron chi connectivity index (χ1n) is 9.74. The molecule has 0 spiro atoms. The smallest absolute Gasteiger partial charge is 0.231 e. The van der Waals surface area contributed by atoms with Gasteiger partial charge in [-0.3, -0.25) is 4.99 Å². The van der Waals surface area contributed by atoms with E-state index in [4.69, 9.17) is 18.6 Å². The summed E-state index contributed by atoms with van der Waals surface area (Å²) in [5.74, 6) is 3.39. The number of hydrogen-bond donors (Lipinski definition) is 2. The van der Waals surface area contributed by atoms with E-state index in [9.17, 15) is 0 Å². The average molecular weight is 513 g/mol. The van der Waals surface area contributed by atoms with Gasteiger partial charge in [0.15, 0.2) is 17.5 Å². The molecule has 4 rings (SSSR count). The van der Waals surface area contributed by atoms with Crippen molar-refractivity contribution in [3.63, 3.8) is 0 Å². The number of hydrogen-bond acceptors (Lipinski definition) is 5. The summed E-state index contributed by atoms with van der Waals surface area (Å²) in [5.41, 5.74) is 1.22. The van der Waals surface area contributed by atoms with Crippen molar-refractivity contribution < 1.29 is 18.6 Å². The van der Waals surface area contributed by atoms with Gasteiger partial charge in [0.25, 0.3) is 0 Å². The van der Waals surface area contributed by atoms with Gasteiger partial charge in [-0.15, -0.1) is 24.0 Å². The molecule has 0 unspecified atom stereocenters. The highest BCUT2D eigenvalue weighted by molar-refractivity contribution is 14.0. The quantitative estimate of drug-likeness (QED) is 0.352. The number of nitrogens with one attached hydrogen (secondary N) is 2. The maximum atomic E-state index is 5.64. The van der Waals surface area contributed by atoms with Crippen LogP contribution < -0.4 is 20.1 Å². The molecular weight excluding hydrogens is 485 g/mol. The molecule has 0 radical (unpaired) electrons. The van der Waals surface area contributed by atoms with Gasteiger partial charge in [-0.05, 0) is 42.7 Å². The van der Waals surface area contributed by atoms with Crippen LogP contribution in [-0.4, -0.2) is 46.1 Å². The molecule has 1 aromatic carbocycles. The molecule has 1 fully saturated rings. The Labute approximate surface area is 188 Å². The maximum Gasteiger partial charge on any atom is 0.231 e. The van der Waals surface area contributed by atoms with E-state index < -0.39 is 0 Å². The molecule has 0 saturated carbocycles. The summed E-state index contributed by atoms with van der Waals surface area (Å²) in [4.78, 5) is 4.36. The summed E-state index contributed by atoms with van der Waals surface area (Å²) < 4.78 is 22.1. The van der Waals surface area contributed by atoms with Crippen LogP contribution in [0.25, 0.3) is 0 Å². The number of furan rings is 1. The molecule has 158 valence electrons. The minimum Gasteiger partial charge on any atom is -0.469 e. The van der Waals surface area contributed by atoms with Crippen molar-refractivity contribution in [1.82, 2.24) is 10.6 Å². The van der Waals surface area contributed by atoms with Crippen LogP contribution in [-0.2, 0) is 16.6 Å². The largest absolute Gasteiger partial charge is 0.469 e. The predicted octanol–water partition coefficient (Wildman–Crippen LogP) is 3.08. The zero-order valence-corrected chi connectivity index (χ0v) is 18.9. The molecule has 1 saturated heterocycles. The van der Waals surface area contributed by atoms with E-state index in [0.29, 0.717) is 6.79 Å². The molecule has 0 bridgehead atoms. The number of guanidine groups is 1. The SMILES string of the molecule is CN=C(NCCc1ccco1)NCC1(c2ccc3c(c2)OCO3)CCOCC1.I. The number of rotatable bonds is 6. The van der Waals surface area contributed by atoms with Crippen molar-refractivity contribution >= 4 is 29.9 Å². The van der Waals surface area contributed by atoms with Gasteiger partial charge in [-0.25, -0.2) is 0 Å². The van der Waals surface area contributed by atoms with Gasteiger partial charge in [-0.1, -0.05) is 6.07 Å². The third-order valence-electron chi connectivity index (χ3n) is 5.50. The Hall–Kier alpha value is -1.94. The van der Waals surface area contributed by atoms with Crippen LogP contribution in [0.3, 0.4) is 0 Å². The molecule has 2 aliphatic heterocycles. The predicted molar refractivity (Wildman–Crippen MR) is 121 cm³/mol. The molecule has 2 aliphatic rings. The highest BCUT2D eigenvalue weighted by Gasteiger charge is 2.35. The standard InChI is InChI=1S/C21H27N3O4.HI/c1-22-20(23-9-6-17-3-2-10-26-17)24-14-21(7-11-25-12-8-21)16-4-5-18-19(13-16)28-15-27-18;/h2-5,10,13H,6-9,11-12,14-15H2,1H3,(H2,22,23,24);1H. The van der Waals surface area contributed by atoms with Crippen LogP contribution in [0.2, 0.25) is 0 Å². The zero-order valence-electron chi connectivity index (χ0n) is 16.6. The lowest BCUT2D eigenvalue weighted by Gasteiger charge is -2.38. The van der Waals surface area contributed by atoms with E-state index in [0.717, 1.165) is 68.8 Å². The topological polar surface area (TPSA) is 77.3 Å². The summed E-state index contributed by atoms with van der Waals surface area (Å²) >= 11 is 0. The minimum atomic E-state index is -0.0299. The maximum absolute atomic E-state index is 5.64. The number of benzene rings is 1. The molecule has 8 heteroatoms. The molecule has 2 N–H and O–H groups in total. The van der Waals surface area contributed by atoms with Gasteiger partial charge in [0.1, 0.15) is 5.76 Å². The van der Waals surface area contributed by atoms with E-state index in [1.54, 1.807) is 13.3 Å². The van der Waals surface area contributed by atoms with Gasteiger partial charge in [0.2, 0.25) is 6.79 Å². The van der Waals surface area contributed by atoms with Crippen LogP contribution >= 0.6 is 24.0 Å². The number of fused-ring (bicyclic) bond motifs is 1. The first-order valence-corrected chi connectivity index (χ1v) is 9.74. The van der Waals surface area contributed by atoms with E-state index >= 15 is 0 Å². The highest BCUT2D eigenvalue weighted by Crippen LogP contribution is 2.40. The van der Waals surface area contributed by atoms with Crippen LogP contribution in [0.15, 0.2) is 46.0 Å². The number of ether oxygens (including phenoxy) is 3. The summed E-state index contributed by atoms with van der Waals surface area (Å²) in [6, 6.07) is 10.2. The monoisotopic (exact) mass is 513 g/mol. The van der Waals surface area contributed by atoms with Gasteiger partial charge < -0.3 is 29.3 Å². The molecule has 0 amide bonds. The summed E-state index contributed by atoms with van der Waals surface area (Å²) in [6.07, 6.45) is 4.41. The second-order valence-corrected chi connectivity index (χ2v) is 7.14. The lowest BCUT2D eigenvalue weighted by molar-refractivity contribution is 0.0513. The van der Waals surface area contributed by atoms with E-state index in [2.05, 4.69) is 27.8 Å². The zero-order chi connectivity index (χ0) is 19.2. The Bertz CT molecular complexity index is 804. The van der Waals surface area contributed by atoms with E-state index in [-0.39, 0.29) is 29.4 Å². The second-order valence-electron chi connectivity index (χ2n) is 7.14. The number of aliphatic imine (C=N–C) groups is 1. The molecule has 7 nitrogen and oxygen atoms in total. The Morgan fingerprint density at radius 1 is 1.10 bits per heavy atom. The first-order chi connectivity index (χ1) is 13.8. The van der Waals surface area contributed by atoms with E-state index in [1.165, 1.54) is 5.56 Å². The number of nitrogens with zero attached hydrogens (tertiary/aromatic N) is 1. The van der Waals surface area contributed by atoms with E-state index in [1.807, 2.05) is 18.2 Å². The molecule has 0 aliphatic carbocycles. The lowest BCUT2D eigenvalue weighted by atomic mass is 9.74. The number of halogens is 1. The summed E-state index contributed by atoms with van der Waals surface area (Å²) in [5, 5.41) is 6.87. The fourth-order valence-corrected chi connectivity index (χ4v) is 3.79. The van der Waals surface area contributed by atoms with Crippen molar-refractivity contribution in [2.24, 2.45) is 4.99 Å². The molecule has 0 atom stereocenters. The van der Waals surface area contributed by atoms with Crippen molar-refractivity contribution in [2.75, 3.05) is 40.1 Å². The molecule has 3 heterocycles. The minimum absolute atomic E-state index is 0. The van der Waals surface area contributed by atoms with Gasteiger partial charge >= 0.3 is 0 Å². The molecular formula is C21H28IN3O4. The Balaban J connectivity index is 0.00000240.